The van der Waals surface area contributed by atoms with Gasteiger partial charge in [0, 0.05) is 25.7 Å². The predicted octanol–water partition coefficient (Wildman–Crippen LogP) is 18.9. The molecule has 0 saturated carbocycles. The molecule has 0 spiro atoms. The molecule has 2 unspecified atom stereocenters. The van der Waals surface area contributed by atoms with E-state index < -0.39 is 97.5 Å². The number of esters is 4. The van der Waals surface area contributed by atoms with E-state index in [-0.39, 0.29) is 25.7 Å². The van der Waals surface area contributed by atoms with E-state index in [1.165, 1.54) is 128 Å². The Hall–Kier alpha value is -1.94. The highest BCUT2D eigenvalue weighted by atomic mass is 31.2. The van der Waals surface area contributed by atoms with Gasteiger partial charge in [0.2, 0.25) is 0 Å². The molecule has 516 valence electrons. The van der Waals surface area contributed by atoms with Crippen LogP contribution in [0, 0.1) is 23.7 Å². The third-order valence-electron chi connectivity index (χ3n) is 15.6. The Morgan fingerprint density at radius 2 is 0.483 bits per heavy atom. The van der Waals surface area contributed by atoms with Crippen LogP contribution in [0.4, 0.5) is 0 Å². The van der Waals surface area contributed by atoms with Crippen LogP contribution in [0.3, 0.4) is 0 Å². The molecule has 0 aromatic heterocycles. The van der Waals surface area contributed by atoms with Crippen molar-refractivity contribution in [1.29, 1.82) is 0 Å². The quantitative estimate of drug-likeness (QED) is 0.0222. The third-order valence-corrected chi connectivity index (χ3v) is 17.5. The SMILES string of the molecule is CC(C)CCCCCCCCCCCCCCCC(=O)O[C@H](COC(=O)CCCCCCCCCCCCC(C)C)COP(=O)(O)OC[C@@H](O)COP(=O)(O)OC[C@@H](COC(=O)CCCCCCCCC(C)C)OC(=O)CCCCCCCCC(C)C. The summed E-state index contributed by atoms with van der Waals surface area (Å²) >= 11 is 0. The van der Waals surface area contributed by atoms with Gasteiger partial charge in [0.05, 0.1) is 26.4 Å². The molecule has 0 aliphatic heterocycles. The lowest BCUT2D eigenvalue weighted by molar-refractivity contribution is -0.161. The van der Waals surface area contributed by atoms with Crippen LogP contribution in [0.15, 0.2) is 0 Å². The van der Waals surface area contributed by atoms with Gasteiger partial charge in [-0.25, -0.2) is 9.13 Å². The van der Waals surface area contributed by atoms with Gasteiger partial charge in [-0.2, -0.15) is 0 Å². The minimum absolute atomic E-state index is 0.101. The van der Waals surface area contributed by atoms with E-state index in [2.05, 4.69) is 55.4 Å². The monoisotopic (exact) mass is 1280 g/mol. The first-order chi connectivity index (χ1) is 41.6. The Kier molecular flexibility index (Phi) is 56.6. The highest BCUT2D eigenvalue weighted by molar-refractivity contribution is 7.47. The first-order valence-electron chi connectivity index (χ1n) is 35.2. The molecule has 0 amide bonds. The minimum Gasteiger partial charge on any atom is -0.462 e. The molecule has 17 nitrogen and oxygen atoms in total. The number of phosphoric acid groups is 2. The Labute approximate surface area is 530 Å². The molecule has 19 heteroatoms. The molecule has 0 aromatic rings. The summed E-state index contributed by atoms with van der Waals surface area (Å²) in [4.78, 5) is 72.3. The maximum atomic E-state index is 13.0. The van der Waals surface area contributed by atoms with Gasteiger partial charge >= 0.3 is 39.5 Å². The molecule has 3 N–H and O–H groups in total. The fourth-order valence-corrected chi connectivity index (χ4v) is 11.7. The zero-order valence-electron chi connectivity index (χ0n) is 56.6. The predicted molar refractivity (Wildman–Crippen MR) is 349 cm³/mol. The minimum atomic E-state index is -4.95. The van der Waals surface area contributed by atoms with Crippen molar-refractivity contribution in [3.8, 4) is 0 Å². The summed E-state index contributed by atoms with van der Waals surface area (Å²) in [6.45, 7) is 14.0. The van der Waals surface area contributed by atoms with Gasteiger partial charge in [-0.1, -0.05) is 280 Å². The number of carbonyl (C=O) groups is 4. The van der Waals surface area contributed by atoms with Crippen molar-refractivity contribution in [3.63, 3.8) is 0 Å². The average Bonchev–Trinajstić information content (AvgIpc) is 3.68. The van der Waals surface area contributed by atoms with Crippen LogP contribution in [0.2, 0.25) is 0 Å². The van der Waals surface area contributed by atoms with Crippen molar-refractivity contribution in [3.05, 3.63) is 0 Å². The molecule has 0 aliphatic rings. The third kappa shape index (κ3) is 62.6. The van der Waals surface area contributed by atoms with Crippen molar-refractivity contribution in [2.75, 3.05) is 39.6 Å². The highest BCUT2D eigenvalue weighted by Gasteiger charge is 2.30. The smallest absolute Gasteiger partial charge is 0.462 e. The normalized spacial score (nSPS) is 14.3. The van der Waals surface area contributed by atoms with Crippen molar-refractivity contribution in [1.82, 2.24) is 0 Å². The van der Waals surface area contributed by atoms with E-state index in [4.69, 9.17) is 37.0 Å². The second-order valence-corrected chi connectivity index (χ2v) is 29.4. The number of hydrogen-bond acceptors (Lipinski definition) is 15. The number of unbranched alkanes of at least 4 members (excludes halogenated alkanes) is 31. The van der Waals surface area contributed by atoms with Crippen molar-refractivity contribution in [2.24, 2.45) is 23.7 Å². The summed E-state index contributed by atoms with van der Waals surface area (Å²) in [7, 11) is -9.90. The number of phosphoric ester groups is 2. The Morgan fingerprint density at radius 1 is 0.287 bits per heavy atom. The van der Waals surface area contributed by atoms with Crippen LogP contribution < -0.4 is 0 Å². The molecule has 0 rings (SSSR count). The van der Waals surface area contributed by atoms with Crippen LogP contribution >= 0.6 is 15.6 Å². The van der Waals surface area contributed by atoms with Gasteiger partial charge in [0.25, 0.3) is 0 Å². The largest absolute Gasteiger partial charge is 0.472 e. The Morgan fingerprint density at radius 3 is 0.713 bits per heavy atom. The van der Waals surface area contributed by atoms with E-state index >= 15 is 0 Å². The first kappa shape index (κ1) is 85.1. The molecule has 0 fully saturated rings. The number of rotatable bonds is 65. The van der Waals surface area contributed by atoms with Crippen molar-refractivity contribution < 1.29 is 80.2 Å². The summed E-state index contributed by atoms with van der Waals surface area (Å²) in [5.41, 5.74) is 0. The maximum absolute atomic E-state index is 13.0. The van der Waals surface area contributed by atoms with Gasteiger partial charge < -0.3 is 33.8 Å². The lowest BCUT2D eigenvalue weighted by atomic mass is 10.0. The molecule has 0 aromatic carbocycles. The number of aliphatic hydroxyl groups excluding tert-OH is 1. The van der Waals surface area contributed by atoms with E-state index in [9.17, 15) is 43.2 Å². The molecule has 0 radical (unpaired) electrons. The summed E-state index contributed by atoms with van der Waals surface area (Å²) < 4.78 is 68.1. The molecule has 0 bridgehead atoms. The van der Waals surface area contributed by atoms with Gasteiger partial charge in [0.1, 0.15) is 19.3 Å². The molecule has 0 aliphatic carbocycles. The average molecular weight is 1280 g/mol. The summed E-state index contributed by atoms with van der Waals surface area (Å²) in [5.74, 6) is 0.756. The van der Waals surface area contributed by atoms with Crippen LogP contribution in [-0.4, -0.2) is 96.7 Å². The van der Waals surface area contributed by atoms with Gasteiger partial charge in [-0.15, -0.1) is 0 Å². The fraction of sp³-hybridized carbons (Fsp3) is 0.941. The van der Waals surface area contributed by atoms with E-state index in [1.807, 2.05) is 0 Å². The zero-order chi connectivity index (χ0) is 64.7. The number of carbonyl (C=O) groups excluding carboxylic acids is 4. The summed E-state index contributed by atoms with van der Waals surface area (Å²) in [6, 6.07) is 0. The molecule has 0 saturated heterocycles. The van der Waals surface area contributed by atoms with Gasteiger partial charge in [-0.05, 0) is 49.4 Å². The summed E-state index contributed by atoms with van der Waals surface area (Å²) in [5, 5.41) is 10.6. The standard InChI is InChI=1S/C68H132O17P2/c1-58(2)44-36-28-20-16-12-10-9-11-13-19-23-34-42-50-67(72)84-63(54-78-65(70)48-40-32-22-18-15-14-17-21-29-37-45-59(3)4)56-82-86(74,75)80-52-62(69)53-81-87(76,77)83-57-64(85-68(73)51-43-35-27-25-31-39-47-61(7)8)55-79-66(71)49-41-33-26-24-30-38-46-60(5)6/h58-64,69H,9-57H2,1-8H3,(H,74,75)(H,76,77)/t62-,63-,64-/m1/s1. The Balaban J connectivity index is 5.23. The van der Waals surface area contributed by atoms with Crippen molar-refractivity contribution >= 4 is 39.5 Å². The highest BCUT2D eigenvalue weighted by Crippen LogP contribution is 2.45. The van der Waals surface area contributed by atoms with Gasteiger partial charge in [0.15, 0.2) is 12.2 Å². The summed E-state index contributed by atoms with van der Waals surface area (Å²) in [6.07, 6.45) is 39.3. The molecule has 0 heterocycles. The van der Waals surface area contributed by atoms with Crippen LogP contribution in [0.25, 0.3) is 0 Å². The van der Waals surface area contributed by atoms with Crippen LogP contribution in [0.5, 0.6) is 0 Å². The van der Waals surface area contributed by atoms with Crippen LogP contribution in [-0.2, 0) is 65.4 Å². The van der Waals surface area contributed by atoms with E-state index in [0.717, 1.165) is 108 Å². The fourth-order valence-electron chi connectivity index (χ4n) is 10.1. The van der Waals surface area contributed by atoms with Crippen molar-refractivity contribution in [2.45, 2.75) is 350 Å². The Bertz CT molecular complexity index is 1730. The zero-order valence-corrected chi connectivity index (χ0v) is 58.4. The molecular weight excluding hydrogens is 1150 g/mol. The maximum Gasteiger partial charge on any atom is 0.472 e. The van der Waals surface area contributed by atoms with Crippen LogP contribution in [0.1, 0.15) is 331 Å². The number of hydrogen-bond donors (Lipinski definition) is 3. The molecule has 87 heavy (non-hydrogen) atoms. The topological polar surface area (TPSA) is 237 Å². The van der Waals surface area contributed by atoms with Gasteiger partial charge in [-0.3, -0.25) is 37.3 Å². The number of ether oxygens (including phenoxy) is 4. The molecule has 5 atom stereocenters. The molecular formula is C68H132O17P2. The first-order valence-corrected chi connectivity index (χ1v) is 38.2. The number of aliphatic hydroxyl groups is 1. The lowest BCUT2D eigenvalue weighted by Crippen LogP contribution is -2.30. The second-order valence-electron chi connectivity index (χ2n) is 26.5. The lowest BCUT2D eigenvalue weighted by Gasteiger charge is -2.21. The van der Waals surface area contributed by atoms with E-state index in [0.29, 0.717) is 37.5 Å². The van der Waals surface area contributed by atoms with E-state index in [1.54, 1.807) is 0 Å². The second kappa shape index (κ2) is 57.9.